The number of hydrogen-bond acceptors (Lipinski definition) is 6. The Hall–Kier alpha value is -3.02. The predicted octanol–water partition coefficient (Wildman–Crippen LogP) is 2.88. The van der Waals surface area contributed by atoms with Crippen molar-refractivity contribution in [3.63, 3.8) is 0 Å². The molecule has 0 unspecified atom stereocenters. The van der Waals surface area contributed by atoms with Crippen LogP contribution in [0.1, 0.15) is 11.4 Å². The van der Waals surface area contributed by atoms with E-state index >= 15 is 0 Å². The Labute approximate surface area is 153 Å². The van der Waals surface area contributed by atoms with E-state index in [2.05, 4.69) is 48.2 Å². The standard InChI is InChI=1S/C20H22N6/c1-15-13-21-16(2)20(23-15)26-10-8-25(9-11-26)19-12-18(14-22-24-19)17-6-4-3-5-7-17/h3-7,12-14H,8-11H2,1-2H3. The Morgan fingerprint density at radius 2 is 1.58 bits per heavy atom. The van der Waals surface area contributed by atoms with E-state index in [1.54, 1.807) is 0 Å². The molecule has 6 nitrogen and oxygen atoms in total. The van der Waals surface area contributed by atoms with Crippen LogP contribution < -0.4 is 9.80 Å². The van der Waals surface area contributed by atoms with Crippen LogP contribution in [-0.4, -0.2) is 46.3 Å². The second-order valence-electron chi connectivity index (χ2n) is 6.56. The number of hydrogen-bond donors (Lipinski definition) is 0. The van der Waals surface area contributed by atoms with Gasteiger partial charge >= 0.3 is 0 Å². The molecule has 132 valence electrons. The number of aryl methyl sites for hydroxylation is 2. The fourth-order valence-electron chi connectivity index (χ4n) is 3.27. The first-order valence-electron chi connectivity index (χ1n) is 8.89. The van der Waals surface area contributed by atoms with Crippen molar-refractivity contribution in [2.75, 3.05) is 36.0 Å². The number of piperazine rings is 1. The van der Waals surface area contributed by atoms with Gasteiger partial charge in [-0.05, 0) is 25.5 Å². The number of rotatable bonds is 3. The molecule has 1 aromatic carbocycles. The Morgan fingerprint density at radius 3 is 2.35 bits per heavy atom. The zero-order chi connectivity index (χ0) is 17.9. The Kier molecular flexibility index (Phi) is 4.48. The molecule has 0 saturated carbocycles. The summed E-state index contributed by atoms with van der Waals surface area (Å²) in [7, 11) is 0. The third kappa shape index (κ3) is 3.35. The maximum absolute atomic E-state index is 4.66. The molecular formula is C20H22N6. The van der Waals surface area contributed by atoms with Crippen molar-refractivity contribution in [3.8, 4) is 11.1 Å². The number of anilines is 2. The maximum atomic E-state index is 4.66. The van der Waals surface area contributed by atoms with Crippen molar-refractivity contribution in [3.05, 3.63) is 60.2 Å². The van der Waals surface area contributed by atoms with Gasteiger partial charge in [0.05, 0.1) is 17.6 Å². The molecule has 0 amide bonds. The number of benzene rings is 1. The molecule has 26 heavy (non-hydrogen) atoms. The van der Waals surface area contributed by atoms with Crippen LogP contribution in [0.3, 0.4) is 0 Å². The van der Waals surface area contributed by atoms with E-state index in [4.69, 9.17) is 0 Å². The highest BCUT2D eigenvalue weighted by molar-refractivity contribution is 5.65. The maximum Gasteiger partial charge on any atom is 0.151 e. The minimum Gasteiger partial charge on any atom is -0.352 e. The summed E-state index contributed by atoms with van der Waals surface area (Å²) in [5.74, 6) is 1.92. The van der Waals surface area contributed by atoms with Crippen LogP contribution >= 0.6 is 0 Å². The van der Waals surface area contributed by atoms with E-state index in [0.717, 1.165) is 60.3 Å². The van der Waals surface area contributed by atoms with E-state index in [-0.39, 0.29) is 0 Å². The molecule has 0 spiro atoms. The molecule has 1 aliphatic rings. The molecule has 0 radical (unpaired) electrons. The van der Waals surface area contributed by atoms with Crippen LogP contribution in [0.15, 0.2) is 48.8 Å². The highest BCUT2D eigenvalue weighted by Crippen LogP contribution is 2.24. The molecule has 0 bridgehead atoms. The summed E-state index contributed by atoms with van der Waals surface area (Å²) in [4.78, 5) is 13.7. The Morgan fingerprint density at radius 1 is 0.846 bits per heavy atom. The van der Waals surface area contributed by atoms with Crippen LogP contribution in [0.25, 0.3) is 11.1 Å². The molecule has 1 fully saturated rings. The molecule has 6 heteroatoms. The van der Waals surface area contributed by atoms with Crippen molar-refractivity contribution in [1.82, 2.24) is 20.2 Å². The molecule has 1 aliphatic heterocycles. The van der Waals surface area contributed by atoms with Gasteiger partial charge in [0.1, 0.15) is 5.82 Å². The minimum atomic E-state index is 0.891. The fraction of sp³-hybridized carbons (Fsp3) is 0.300. The molecule has 0 N–H and O–H groups in total. The summed E-state index contributed by atoms with van der Waals surface area (Å²) >= 11 is 0. The van der Waals surface area contributed by atoms with E-state index in [1.165, 1.54) is 0 Å². The molecular weight excluding hydrogens is 324 g/mol. The third-order valence-electron chi connectivity index (χ3n) is 4.70. The van der Waals surface area contributed by atoms with E-state index in [1.807, 2.05) is 44.4 Å². The van der Waals surface area contributed by atoms with E-state index in [0.29, 0.717) is 0 Å². The van der Waals surface area contributed by atoms with Crippen molar-refractivity contribution >= 4 is 11.6 Å². The van der Waals surface area contributed by atoms with Crippen molar-refractivity contribution in [1.29, 1.82) is 0 Å². The summed E-state index contributed by atoms with van der Waals surface area (Å²) in [6.07, 6.45) is 3.64. The van der Waals surface area contributed by atoms with Crippen LogP contribution in [0.2, 0.25) is 0 Å². The van der Waals surface area contributed by atoms with Crippen LogP contribution in [0.4, 0.5) is 11.6 Å². The van der Waals surface area contributed by atoms with Crippen molar-refractivity contribution in [2.45, 2.75) is 13.8 Å². The smallest absolute Gasteiger partial charge is 0.151 e. The monoisotopic (exact) mass is 346 g/mol. The summed E-state index contributed by atoms with van der Waals surface area (Å²) < 4.78 is 0. The van der Waals surface area contributed by atoms with Gasteiger partial charge in [-0.2, -0.15) is 5.10 Å². The first-order chi connectivity index (χ1) is 12.7. The second kappa shape index (κ2) is 7.07. The number of nitrogens with zero attached hydrogens (tertiary/aromatic N) is 6. The van der Waals surface area contributed by atoms with Gasteiger partial charge in [-0.3, -0.25) is 4.98 Å². The molecule has 4 rings (SSSR count). The number of aromatic nitrogens is 4. The van der Waals surface area contributed by atoms with Gasteiger partial charge in [0.15, 0.2) is 5.82 Å². The van der Waals surface area contributed by atoms with Crippen LogP contribution in [-0.2, 0) is 0 Å². The van der Waals surface area contributed by atoms with Gasteiger partial charge in [0, 0.05) is 37.9 Å². The quantitative estimate of drug-likeness (QED) is 0.727. The average Bonchev–Trinajstić information content (AvgIpc) is 2.71. The Bertz CT molecular complexity index is 888. The van der Waals surface area contributed by atoms with Gasteiger partial charge in [-0.25, -0.2) is 4.98 Å². The summed E-state index contributed by atoms with van der Waals surface area (Å²) in [6, 6.07) is 12.4. The summed E-state index contributed by atoms with van der Waals surface area (Å²) in [5.41, 5.74) is 4.19. The molecule has 0 aliphatic carbocycles. The molecule has 1 saturated heterocycles. The van der Waals surface area contributed by atoms with Gasteiger partial charge in [-0.15, -0.1) is 5.10 Å². The lowest BCUT2D eigenvalue weighted by atomic mass is 10.1. The van der Waals surface area contributed by atoms with Crippen molar-refractivity contribution < 1.29 is 0 Å². The van der Waals surface area contributed by atoms with Crippen LogP contribution in [0.5, 0.6) is 0 Å². The van der Waals surface area contributed by atoms with Gasteiger partial charge in [0.2, 0.25) is 0 Å². The van der Waals surface area contributed by atoms with Crippen LogP contribution in [0, 0.1) is 13.8 Å². The molecule has 3 heterocycles. The first-order valence-corrected chi connectivity index (χ1v) is 8.89. The van der Waals surface area contributed by atoms with Gasteiger partial charge < -0.3 is 9.80 Å². The van der Waals surface area contributed by atoms with E-state index in [9.17, 15) is 0 Å². The molecule has 3 aromatic rings. The van der Waals surface area contributed by atoms with Gasteiger partial charge in [-0.1, -0.05) is 30.3 Å². The first kappa shape index (κ1) is 16.4. The lowest BCUT2D eigenvalue weighted by Gasteiger charge is -2.36. The lowest BCUT2D eigenvalue weighted by molar-refractivity contribution is 0.634. The largest absolute Gasteiger partial charge is 0.352 e. The highest BCUT2D eigenvalue weighted by atomic mass is 15.3. The zero-order valence-corrected chi connectivity index (χ0v) is 15.1. The molecule has 2 aromatic heterocycles. The van der Waals surface area contributed by atoms with Gasteiger partial charge in [0.25, 0.3) is 0 Å². The average molecular weight is 346 g/mol. The normalized spacial score (nSPS) is 14.5. The third-order valence-corrected chi connectivity index (χ3v) is 4.70. The van der Waals surface area contributed by atoms with E-state index < -0.39 is 0 Å². The lowest BCUT2D eigenvalue weighted by Crippen LogP contribution is -2.47. The highest BCUT2D eigenvalue weighted by Gasteiger charge is 2.21. The minimum absolute atomic E-state index is 0.891. The predicted molar refractivity (Wildman–Crippen MR) is 103 cm³/mol. The summed E-state index contributed by atoms with van der Waals surface area (Å²) in [6.45, 7) is 7.58. The summed E-state index contributed by atoms with van der Waals surface area (Å²) in [5, 5.41) is 8.56. The van der Waals surface area contributed by atoms with Crippen molar-refractivity contribution in [2.24, 2.45) is 0 Å². The Balaban J connectivity index is 1.49. The molecule has 0 atom stereocenters. The second-order valence-corrected chi connectivity index (χ2v) is 6.56. The fourth-order valence-corrected chi connectivity index (χ4v) is 3.27. The zero-order valence-electron chi connectivity index (χ0n) is 15.1. The topological polar surface area (TPSA) is 58.0 Å². The SMILES string of the molecule is Cc1cnc(C)c(N2CCN(c3cc(-c4ccccc4)cnn3)CC2)n1.